The lowest BCUT2D eigenvalue weighted by Crippen LogP contribution is -2.06. The second-order valence-electron chi connectivity index (χ2n) is 14.0. The van der Waals surface area contributed by atoms with Gasteiger partial charge >= 0.3 is 0 Å². The van der Waals surface area contributed by atoms with Gasteiger partial charge in [-0.3, -0.25) is 0 Å². The van der Waals surface area contributed by atoms with Gasteiger partial charge in [0.1, 0.15) is 0 Å². The van der Waals surface area contributed by atoms with E-state index in [2.05, 4.69) is 27.7 Å². The third-order valence-corrected chi connectivity index (χ3v) is 9.34. The van der Waals surface area contributed by atoms with Gasteiger partial charge in [-0.25, -0.2) is 0 Å². The van der Waals surface area contributed by atoms with Gasteiger partial charge in [0.25, 0.3) is 0 Å². The highest BCUT2D eigenvalue weighted by Crippen LogP contribution is 2.39. The minimum absolute atomic E-state index is 0.718. The van der Waals surface area contributed by atoms with Crippen molar-refractivity contribution in [2.24, 2.45) is 0 Å². The Balaban J connectivity index is 2.47. The van der Waals surface area contributed by atoms with Crippen LogP contribution < -0.4 is 14.2 Å². The Morgan fingerprint density at radius 2 is 0.587 bits per heavy atom. The van der Waals surface area contributed by atoms with Gasteiger partial charge in [0.05, 0.1) is 19.8 Å². The lowest BCUT2D eigenvalue weighted by atomic mass is 10.1. The van der Waals surface area contributed by atoms with E-state index in [-0.39, 0.29) is 0 Å². The van der Waals surface area contributed by atoms with E-state index in [4.69, 9.17) is 14.2 Å². The molecule has 1 rings (SSSR count). The zero-order valence-corrected chi connectivity index (χ0v) is 31.4. The van der Waals surface area contributed by atoms with E-state index in [0.717, 1.165) is 61.9 Å². The van der Waals surface area contributed by atoms with Crippen molar-refractivity contribution in [2.75, 3.05) is 19.8 Å². The van der Waals surface area contributed by atoms with E-state index in [1.165, 1.54) is 173 Å². The molecule has 0 unspecified atom stereocenters. The van der Waals surface area contributed by atoms with Gasteiger partial charge < -0.3 is 14.2 Å². The van der Waals surface area contributed by atoms with Crippen LogP contribution in [0.25, 0.3) is 0 Å². The maximum atomic E-state index is 6.42. The van der Waals surface area contributed by atoms with E-state index < -0.39 is 0 Å². The zero-order chi connectivity index (χ0) is 33.2. The van der Waals surface area contributed by atoms with Crippen LogP contribution in [-0.2, 0) is 0 Å². The molecule has 3 heteroatoms. The van der Waals surface area contributed by atoms with Crippen LogP contribution in [0, 0.1) is 6.92 Å². The van der Waals surface area contributed by atoms with Gasteiger partial charge in [-0.15, -0.1) is 0 Å². The Bertz CT molecular complexity index is 713. The number of hydrogen-bond acceptors (Lipinski definition) is 3. The molecule has 0 aliphatic rings. The summed E-state index contributed by atoms with van der Waals surface area (Å²) in [4.78, 5) is 0. The summed E-state index contributed by atoms with van der Waals surface area (Å²) in [6.07, 6.45) is 39.9. The van der Waals surface area contributed by atoms with Crippen molar-refractivity contribution in [3.8, 4) is 17.2 Å². The fourth-order valence-electron chi connectivity index (χ4n) is 6.29. The Hall–Kier alpha value is -1.38. The second kappa shape index (κ2) is 33.5. The fraction of sp³-hybridized carbons (Fsp3) is 0.837. The second-order valence-corrected chi connectivity index (χ2v) is 14.0. The quantitative estimate of drug-likeness (QED) is 0.0681. The summed E-state index contributed by atoms with van der Waals surface area (Å²) in [5.74, 6) is 2.42. The molecule has 46 heavy (non-hydrogen) atoms. The molecule has 0 N–H and O–H groups in total. The molecule has 1 aromatic rings. The standard InChI is InChI=1S/C43H79O3/c1-5-8-11-14-17-20-23-26-29-32-35-44-41-38-40(4)39-42(45-36-33-30-27-24-21-18-15-12-9-6-2)43(41)46-37-34-31-28-25-22-19-16-13-10-7-3/h38-39H,4-37H2,1-3H3. The molecule has 1 radical (unpaired) electrons. The molecule has 0 saturated heterocycles. The molecule has 0 aromatic heterocycles. The minimum Gasteiger partial charge on any atom is -0.490 e. The van der Waals surface area contributed by atoms with Gasteiger partial charge in [-0.2, -0.15) is 0 Å². The molecule has 269 valence electrons. The fourth-order valence-corrected chi connectivity index (χ4v) is 6.29. The first-order valence-electron chi connectivity index (χ1n) is 20.6. The molecule has 0 saturated carbocycles. The Morgan fingerprint density at radius 1 is 0.348 bits per heavy atom. The first-order chi connectivity index (χ1) is 22.7. The maximum Gasteiger partial charge on any atom is 0.203 e. The number of rotatable bonds is 36. The Labute approximate surface area is 288 Å². The predicted octanol–water partition coefficient (Wildman–Crippen LogP) is 14.8. The monoisotopic (exact) mass is 644 g/mol. The predicted molar refractivity (Wildman–Crippen MR) is 203 cm³/mol. The average molecular weight is 644 g/mol. The van der Waals surface area contributed by atoms with Crippen LogP contribution in [0.3, 0.4) is 0 Å². The summed E-state index contributed by atoms with van der Waals surface area (Å²) in [7, 11) is 0. The minimum atomic E-state index is 0.718. The van der Waals surface area contributed by atoms with Crippen molar-refractivity contribution in [3.63, 3.8) is 0 Å². The summed E-state index contributed by atoms with van der Waals surface area (Å²) in [6, 6.07) is 4.08. The molecular weight excluding hydrogens is 564 g/mol. The third kappa shape index (κ3) is 25.7. The summed E-state index contributed by atoms with van der Waals surface area (Å²) >= 11 is 0. The van der Waals surface area contributed by atoms with Crippen LogP contribution >= 0.6 is 0 Å². The van der Waals surface area contributed by atoms with Crippen LogP contribution in [0.2, 0.25) is 0 Å². The van der Waals surface area contributed by atoms with Crippen LogP contribution in [0.5, 0.6) is 17.2 Å². The van der Waals surface area contributed by atoms with Crippen molar-refractivity contribution >= 4 is 0 Å². The molecule has 3 nitrogen and oxygen atoms in total. The number of unbranched alkanes of at least 4 members (excludes halogenated alkanes) is 27. The smallest absolute Gasteiger partial charge is 0.203 e. The van der Waals surface area contributed by atoms with Crippen molar-refractivity contribution in [2.45, 2.75) is 213 Å². The highest BCUT2D eigenvalue weighted by atomic mass is 16.5. The van der Waals surface area contributed by atoms with Crippen LogP contribution in [0.15, 0.2) is 12.1 Å². The van der Waals surface area contributed by atoms with Gasteiger partial charge in [-0.1, -0.05) is 194 Å². The highest BCUT2D eigenvalue weighted by molar-refractivity contribution is 5.54. The van der Waals surface area contributed by atoms with E-state index in [1.807, 2.05) is 12.1 Å². The van der Waals surface area contributed by atoms with Gasteiger partial charge in [0.15, 0.2) is 11.5 Å². The van der Waals surface area contributed by atoms with Crippen LogP contribution in [-0.4, -0.2) is 19.8 Å². The average Bonchev–Trinajstić information content (AvgIpc) is 3.05. The topological polar surface area (TPSA) is 27.7 Å². The third-order valence-electron chi connectivity index (χ3n) is 9.34. The lowest BCUT2D eigenvalue weighted by molar-refractivity contribution is 0.234. The summed E-state index contributed by atoms with van der Waals surface area (Å²) in [5, 5.41) is 0. The van der Waals surface area contributed by atoms with E-state index in [0.29, 0.717) is 0 Å². The van der Waals surface area contributed by atoms with Crippen molar-refractivity contribution in [1.29, 1.82) is 0 Å². The first-order valence-corrected chi connectivity index (χ1v) is 20.6. The number of ether oxygens (including phenoxy) is 3. The zero-order valence-electron chi connectivity index (χ0n) is 31.4. The number of hydrogen-bond donors (Lipinski definition) is 0. The van der Waals surface area contributed by atoms with Crippen molar-refractivity contribution in [3.05, 3.63) is 24.6 Å². The van der Waals surface area contributed by atoms with Crippen LogP contribution in [0.4, 0.5) is 0 Å². The number of benzene rings is 1. The van der Waals surface area contributed by atoms with Crippen molar-refractivity contribution < 1.29 is 14.2 Å². The van der Waals surface area contributed by atoms with Crippen molar-refractivity contribution in [1.82, 2.24) is 0 Å². The Kier molecular flexibility index (Phi) is 31.1. The van der Waals surface area contributed by atoms with E-state index >= 15 is 0 Å². The molecule has 0 aliphatic heterocycles. The molecule has 0 fully saturated rings. The van der Waals surface area contributed by atoms with Gasteiger partial charge in [0, 0.05) is 0 Å². The maximum absolute atomic E-state index is 6.42. The summed E-state index contributed by atoms with van der Waals surface area (Å²) in [6.45, 7) is 13.3. The molecule has 0 heterocycles. The van der Waals surface area contributed by atoms with E-state index in [1.54, 1.807) is 0 Å². The molecule has 0 amide bonds. The molecule has 0 atom stereocenters. The largest absolute Gasteiger partial charge is 0.490 e. The Morgan fingerprint density at radius 3 is 0.870 bits per heavy atom. The van der Waals surface area contributed by atoms with Gasteiger partial charge in [-0.05, 0) is 43.9 Å². The summed E-state index contributed by atoms with van der Waals surface area (Å²) < 4.78 is 19.1. The highest BCUT2D eigenvalue weighted by Gasteiger charge is 2.15. The molecule has 0 spiro atoms. The molecule has 0 bridgehead atoms. The normalized spacial score (nSPS) is 11.3. The van der Waals surface area contributed by atoms with Gasteiger partial charge in [0.2, 0.25) is 5.75 Å². The lowest BCUT2D eigenvalue weighted by Gasteiger charge is -2.18. The summed E-state index contributed by atoms with van der Waals surface area (Å²) in [5.41, 5.74) is 0.933. The van der Waals surface area contributed by atoms with E-state index in [9.17, 15) is 0 Å². The molecular formula is C43H79O3. The first kappa shape index (κ1) is 42.6. The SMILES string of the molecule is [CH2]c1cc(OCCCCCCCCCCCC)c(OCCCCCCCCCCCC)c(OCCCCCCCCCCCC)c1. The molecule has 0 aliphatic carbocycles. The molecule has 1 aromatic carbocycles. The van der Waals surface area contributed by atoms with Crippen LogP contribution in [0.1, 0.15) is 219 Å².